The van der Waals surface area contributed by atoms with Crippen LogP contribution in [0.1, 0.15) is 17.3 Å². The van der Waals surface area contributed by atoms with Gasteiger partial charge in [0.2, 0.25) is 5.91 Å². The second-order valence-corrected chi connectivity index (χ2v) is 8.40. The molecule has 1 fully saturated rings. The van der Waals surface area contributed by atoms with Crippen LogP contribution in [0.3, 0.4) is 0 Å². The summed E-state index contributed by atoms with van der Waals surface area (Å²) in [4.78, 5) is 47.1. The summed E-state index contributed by atoms with van der Waals surface area (Å²) < 4.78 is 18.6. The molecule has 3 aromatic rings. The molecule has 1 atom stereocenters. The van der Waals surface area contributed by atoms with E-state index < -0.39 is 11.6 Å². The standard InChI is InChI=1S/C24H23ClFN5O4/c1-15(30-8-10-31(11-9-30)24(34)16-12-20(25)23(33)28-13-16)22(32)29-21-7-6-19(14-27-21)35-18-4-2-17(26)3-5-18/h2-7,12-15H,8-11H2,1H3,(H,28,33)(H,27,29,32). The molecule has 35 heavy (non-hydrogen) atoms. The molecule has 0 saturated carbocycles. The molecular formula is C24H23ClFN5O4. The molecule has 1 unspecified atom stereocenters. The summed E-state index contributed by atoms with van der Waals surface area (Å²) in [7, 11) is 0. The van der Waals surface area contributed by atoms with Gasteiger partial charge in [-0.2, -0.15) is 0 Å². The lowest BCUT2D eigenvalue weighted by Gasteiger charge is -2.37. The van der Waals surface area contributed by atoms with Crippen molar-refractivity contribution < 1.29 is 18.7 Å². The van der Waals surface area contributed by atoms with Crippen LogP contribution in [0.5, 0.6) is 11.5 Å². The number of hydrogen-bond acceptors (Lipinski definition) is 6. The van der Waals surface area contributed by atoms with Crippen molar-refractivity contribution in [3.05, 3.63) is 81.6 Å². The number of nitrogens with zero attached hydrogens (tertiary/aromatic N) is 3. The molecule has 11 heteroatoms. The van der Waals surface area contributed by atoms with Crippen molar-refractivity contribution in [3.8, 4) is 11.5 Å². The van der Waals surface area contributed by atoms with Crippen LogP contribution in [0.25, 0.3) is 0 Å². The van der Waals surface area contributed by atoms with Gasteiger partial charge in [-0.3, -0.25) is 19.3 Å². The van der Waals surface area contributed by atoms with Gasteiger partial charge in [0.05, 0.1) is 17.8 Å². The van der Waals surface area contributed by atoms with Gasteiger partial charge in [0.25, 0.3) is 11.5 Å². The average molecular weight is 500 g/mol. The maximum Gasteiger partial charge on any atom is 0.266 e. The van der Waals surface area contributed by atoms with E-state index in [2.05, 4.69) is 15.3 Å². The Morgan fingerprint density at radius 3 is 2.43 bits per heavy atom. The van der Waals surface area contributed by atoms with Crippen molar-refractivity contribution in [2.24, 2.45) is 0 Å². The molecule has 1 aliphatic heterocycles. The molecule has 2 amide bonds. The van der Waals surface area contributed by atoms with E-state index in [0.717, 1.165) is 0 Å². The summed E-state index contributed by atoms with van der Waals surface area (Å²) in [6, 6.07) is 9.81. The third-order valence-electron chi connectivity index (χ3n) is 5.67. The van der Waals surface area contributed by atoms with Crippen molar-refractivity contribution in [3.63, 3.8) is 0 Å². The lowest BCUT2D eigenvalue weighted by molar-refractivity contribution is -0.121. The van der Waals surface area contributed by atoms with E-state index in [4.69, 9.17) is 16.3 Å². The highest BCUT2D eigenvalue weighted by molar-refractivity contribution is 6.30. The van der Waals surface area contributed by atoms with Crippen molar-refractivity contribution in [2.75, 3.05) is 31.5 Å². The number of benzene rings is 1. The highest BCUT2D eigenvalue weighted by atomic mass is 35.5. The van der Waals surface area contributed by atoms with E-state index in [1.165, 1.54) is 42.7 Å². The first-order chi connectivity index (χ1) is 16.8. The Labute approximate surface area is 205 Å². The Hall–Kier alpha value is -3.76. The summed E-state index contributed by atoms with van der Waals surface area (Å²) in [5, 5.41) is 2.74. The Balaban J connectivity index is 1.28. The number of H-pyrrole nitrogens is 1. The fraction of sp³-hybridized carbons (Fsp3) is 0.250. The highest BCUT2D eigenvalue weighted by Gasteiger charge is 2.28. The molecule has 4 rings (SSSR count). The molecule has 0 aliphatic carbocycles. The summed E-state index contributed by atoms with van der Waals surface area (Å²) in [5.74, 6) is 0.488. The number of aromatic amines is 1. The lowest BCUT2D eigenvalue weighted by atomic mass is 10.2. The fourth-order valence-electron chi connectivity index (χ4n) is 3.62. The number of halogens is 2. The highest BCUT2D eigenvalue weighted by Crippen LogP contribution is 2.22. The van der Waals surface area contributed by atoms with Gasteiger partial charge in [-0.1, -0.05) is 11.6 Å². The minimum atomic E-state index is -0.447. The number of piperazine rings is 1. The van der Waals surface area contributed by atoms with Crippen LogP contribution >= 0.6 is 11.6 Å². The molecule has 2 aromatic heterocycles. The second kappa shape index (κ2) is 10.7. The quantitative estimate of drug-likeness (QED) is 0.539. The van der Waals surface area contributed by atoms with Gasteiger partial charge in [-0.15, -0.1) is 0 Å². The maximum absolute atomic E-state index is 13.0. The zero-order valence-corrected chi connectivity index (χ0v) is 19.6. The predicted octanol–water partition coefficient (Wildman–Crippen LogP) is 3.14. The molecule has 1 aromatic carbocycles. The van der Waals surface area contributed by atoms with Crippen LogP contribution in [0.2, 0.25) is 5.02 Å². The first kappa shape index (κ1) is 24.4. The maximum atomic E-state index is 13.0. The number of anilines is 1. The summed E-state index contributed by atoms with van der Waals surface area (Å²) in [5.41, 5.74) is -0.135. The first-order valence-corrected chi connectivity index (χ1v) is 11.3. The zero-order chi connectivity index (χ0) is 24.9. The number of ether oxygens (including phenoxy) is 1. The molecule has 1 saturated heterocycles. The number of rotatable bonds is 6. The number of nitrogens with one attached hydrogen (secondary N) is 2. The van der Waals surface area contributed by atoms with Crippen molar-refractivity contribution in [1.82, 2.24) is 19.8 Å². The number of carbonyl (C=O) groups is 2. The van der Waals surface area contributed by atoms with E-state index in [-0.39, 0.29) is 22.7 Å². The lowest BCUT2D eigenvalue weighted by Crippen LogP contribution is -2.54. The van der Waals surface area contributed by atoms with E-state index >= 15 is 0 Å². The summed E-state index contributed by atoms with van der Waals surface area (Å²) in [6.45, 7) is 3.67. The van der Waals surface area contributed by atoms with Gasteiger partial charge in [-0.25, -0.2) is 9.37 Å². The van der Waals surface area contributed by atoms with Crippen molar-refractivity contribution in [1.29, 1.82) is 0 Å². The molecular weight excluding hydrogens is 477 g/mol. The first-order valence-electron chi connectivity index (χ1n) is 10.9. The third kappa shape index (κ3) is 6.03. The smallest absolute Gasteiger partial charge is 0.266 e. The molecule has 2 N–H and O–H groups in total. The van der Waals surface area contributed by atoms with E-state index in [1.54, 1.807) is 24.0 Å². The summed E-state index contributed by atoms with van der Waals surface area (Å²) in [6.07, 6.45) is 2.82. The van der Waals surface area contributed by atoms with Crippen LogP contribution in [-0.2, 0) is 4.79 Å². The van der Waals surface area contributed by atoms with Gasteiger partial charge in [0.1, 0.15) is 28.2 Å². The normalized spacial score (nSPS) is 14.9. The SMILES string of the molecule is CC(C(=O)Nc1ccc(Oc2ccc(F)cc2)cn1)N1CCN(C(=O)c2c[nH]c(=O)c(Cl)c2)CC1. The minimum Gasteiger partial charge on any atom is -0.456 e. The zero-order valence-electron chi connectivity index (χ0n) is 18.8. The van der Waals surface area contributed by atoms with E-state index in [9.17, 15) is 18.8 Å². The number of hydrogen-bond donors (Lipinski definition) is 2. The predicted molar refractivity (Wildman–Crippen MR) is 128 cm³/mol. The Morgan fingerprint density at radius 2 is 1.80 bits per heavy atom. The Morgan fingerprint density at radius 1 is 1.11 bits per heavy atom. The van der Waals surface area contributed by atoms with Crippen LogP contribution in [0.4, 0.5) is 10.2 Å². The number of amides is 2. The van der Waals surface area contributed by atoms with Gasteiger partial charge >= 0.3 is 0 Å². The largest absolute Gasteiger partial charge is 0.456 e. The Bertz CT molecular complexity index is 1260. The van der Waals surface area contributed by atoms with Crippen molar-refractivity contribution >= 4 is 29.2 Å². The molecule has 3 heterocycles. The van der Waals surface area contributed by atoms with Crippen LogP contribution in [0, 0.1) is 5.82 Å². The van der Waals surface area contributed by atoms with Gasteiger partial charge in [0, 0.05) is 32.4 Å². The second-order valence-electron chi connectivity index (χ2n) is 7.99. The molecule has 0 radical (unpaired) electrons. The van der Waals surface area contributed by atoms with Gasteiger partial charge in [0.15, 0.2) is 0 Å². The van der Waals surface area contributed by atoms with Gasteiger partial charge in [-0.05, 0) is 49.4 Å². The minimum absolute atomic E-state index is 0.0385. The fourth-order valence-corrected chi connectivity index (χ4v) is 3.80. The van der Waals surface area contributed by atoms with Crippen molar-refractivity contribution in [2.45, 2.75) is 13.0 Å². The van der Waals surface area contributed by atoms with Crippen LogP contribution < -0.4 is 15.6 Å². The van der Waals surface area contributed by atoms with E-state index in [1.807, 2.05) is 4.90 Å². The average Bonchev–Trinajstić information content (AvgIpc) is 2.87. The number of carbonyl (C=O) groups excluding carboxylic acids is 2. The third-order valence-corrected chi connectivity index (χ3v) is 5.95. The summed E-state index contributed by atoms with van der Waals surface area (Å²) >= 11 is 5.82. The number of aromatic nitrogens is 2. The molecule has 9 nitrogen and oxygen atoms in total. The molecule has 1 aliphatic rings. The van der Waals surface area contributed by atoms with Crippen LogP contribution in [-0.4, -0.2) is 63.8 Å². The number of pyridine rings is 2. The van der Waals surface area contributed by atoms with Gasteiger partial charge < -0.3 is 19.9 Å². The molecule has 182 valence electrons. The Kier molecular flexibility index (Phi) is 7.42. The monoisotopic (exact) mass is 499 g/mol. The molecule has 0 spiro atoms. The topological polar surface area (TPSA) is 108 Å². The molecule has 0 bridgehead atoms. The van der Waals surface area contributed by atoms with Crippen LogP contribution in [0.15, 0.2) is 59.7 Å². The van der Waals surface area contributed by atoms with E-state index in [0.29, 0.717) is 49.1 Å².